The van der Waals surface area contributed by atoms with E-state index in [1.54, 1.807) is 0 Å². The third-order valence-corrected chi connectivity index (χ3v) is 3.14. The normalized spacial score (nSPS) is 14.6. The van der Waals surface area contributed by atoms with Crippen molar-refractivity contribution in [2.24, 2.45) is 5.73 Å². The minimum Gasteiger partial charge on any atom is -0.376 e. The first-order valence-electron chi connectivity index (χ1n) is 5.82. The Morgan fingerprint density at radius 2 is 2.24 bits per heavy atom. The highest BCUT2D eigenvalue weighted by molar-refractivity contribution is 5.42. The van der Waals surface area contributed by atoms with E-state index < -0.39 is 0 Å². The molecule has 0 aliphatic carbocycles. The van der Waals surface area contributed by atoms with Crippen LogP contribution in [0, 0.1) is 0 Å². The summed E-state index contributed by atoms with van der Waals surface area (Å²) in [7, 11) is 0. The van der Waals surface area contributed by atoms with Crippen molar-refractivity contribution in [2.45, 2.75) is 19.6 Å². The summed E-state index contributed by atoms with van der Waals surface area (Å²) in [5.41, 5.74) is 10.4. The van der Waals surface area contributed by atoms with E-state index in [-0.39, 0.29) is 0 Å². The van der Waals surface area contributed by atoms with Gasteiger partial charge < -0.3 is 10.5 Å². The molecule has 1 aliphatic rings. The molecule has 0 saturated carbocycles. The smallest absolute Gasteiger partial charge is 0.0750 e. The van der Waals surface area contributed by atoms with Crippen molar-refractivity contribution in [3.8, 4) is 5.69 Å². The van der Waals surface area contributed by atoms with Gasteiger partial charge in [0.1, 0.15) is 0 Å². The second kappa shape index (κ2) is 4.31. The van der Waals surface area contributed by atoms with Crippen LogP contribution in [0.2, 0.25) is 0 Å². The third kappa shape index (κ3) is 1.75. The summed E-state index contributed by atoms with van der Waals surface area (Å²) in [6, 6.07) is 8.13. The summed E-state index contributed by atoms with van der Waals surface area (Å²) in [6.07, 6.45) is 2.80. The Labute approximate surface area is 100 Å². The van der Waals surface area contributed by atoms with Crippen LogP contribution >= 0.6 is 0 Å². The Bertz CT molecular complexity index is 533. The van der Waals surface area contributed by atoms with E-state index in [4.69, 9.17) is 10.5 Å². The van der Waals surface area contributed by atoms with Gasteiger partial charge in [0, 0.05) is 18.5 Å². The SMILES string of the molecule is NCc1ccccc1-n1ncc2c1CCOC2. The van der Waals surface area contributed by atoms with Crippen molar-refractivity contribution in [3.05, 3.63) is 47.3 Å². The predicted octanol–water partition coefficient (Wildman–Crippen LogP) is 1.40. The van der Waals surface area contributed by atoms with Crippen molar-refractivity contribution < 1.29 is 4.74 Å². The van der Waals surface area contributed by atoms with Crippen LogP contribution in [-0.2, 0) is 24.3 Å². The van der Waals surface area contributed by atoms with Gasteiger partial charge in [-0.25, -0.2) is 4.68 Å². The molecule has 2 N–H and O–H groups in total. The van der Waals surface area contributed by atoms with E-state index in [1.807, 2.05) is 29.1 Å². The summed E-state index contributed by atoms with van der Waals surface area (Å²) in [5, 5.41) is 4.46. The van der Waals surface area contributed by atoms with Crippen LogP contribution < -0.4 is 5.73 Å². The maximum atomic E-state index is 5.77. The quantitative estimate of drug-likeness (QED) is 0.847. The predicted molar refractivity (Wildman–Crippen MR) is 64.8 cm³/mol. The zero-order chi connectivity index (χ0) is 11.7. The van der Waals surface area contributed by atoms with Gasteiger partial charge in [0.25, 0.3) is 0 Å². The average Bonchev–Trinajstić information content (AvgIpc) is 2.82. The number of fused-ring (bicyclic) bond motifs is 1. The molecule has 17 heavy (non-hydrogen) atoms. The third-order valence-electron chi connectivity index (χ3n) is 3.14. The van der Waals surface area contributed by atoms with Gasteiger partial charge in [-0.2, -0.15) is 5.10 Å². The molecule has 2 heterocycles. The lowest BCUT2D eigenvalue weighted by molar-refractivity contribution is 0.109. The van der Waals surface area contributed by atoms with E-state index in [2.05, 4.69) is 11.2 Å². The van der Waals surface area contributed by atoms with E-state index in [1.165, 1.54) is 11.3 Å². The number of nitrogens with zero attached hydrogens (tertiary/aromatic N) is 2. The van der Waals surface area contributed by atoms with E-state index in [9.17, 15) is 0 Å². The lowest BCUT2D eigenvalue weighted by atomic mass is 10.1. The largest absolute Gasteiger partial charge is 0.376 e. The summed E-state index contributed by atoms with van der Waals surface area (Å²) in [6.45, 7) is 1.96. The summed E-state index contributed by atoms with van der Waals surface area (Å²) >= 11 is 0. The van der Waals surface area contributed by atoms with Gasteiger partial charge in [-0.05, 0) is 11.6 Å². The fourth-order valence-electron chi connectivity index (χ4n) is 2.24. The first kappa shape index (κ1) is 10.5. The number of para-hydroxylation sites is 1. The van der Waals surface area contributed by atoms with Crippen LogP contribution in [0.25, 0.3) is 5.69 Å². The van der Waals surface area contributed by atoms with E-state index >= 15 is 0 Å². The molecule has 4 nitrogen and oxygen atoms in total. The molecule has 4 heteroatoms. The minimum absolute atomic E-state index is 0.529. The summed E-state index contributed by atoms with van der Waals surface area (Å²) in [5.74, 6) is 0. The highest BCUT2D eigenvalue weighted by Gasteiger charge is 2.17. The first-order chi connectivity index (χ1) is 8.40. The molecule has 0 atom stereocenters. The molecule has 0 bridgehead atoms. The zero-order valence-electron chi connectivity index (χ0n) is 9.60. The van der Waals surface area contributed by atoms with Crippen molar-refractivity contribution in [3.63, 3.8) is 0 Å². The van der Waals surface area contributed by atoms with Gasteiger partial charge in [-0.3, -0.25) is 0 Å². The van der Waals surface area contributed by atoms with Gasteiger partial charge in [-0.15, -0.1) is 0 Å². The number of nitrogens with two attached hydrogens (primary N) is 1. The molecule has 0 fully saturated rings. The topological polar surface area (TPSA) is 53.1 Å². The fraction of sp³-hybridized carbons (Fsp3) is 0.308. The maximum Gasteiger partial charge on any atom is 0.0750 e. The molecular formula is C13H15N3O. The van der Waals surface area contributed by atoms with Gasteiger partial charge in [0.2, 0.25) is 0 Å². The molecule has 88 valence electrons. The Kier molecular flexibility index (Phi) is 2.66. The minimum atomic E-state index is 0.529. The standard InChI is InChI=1S/C13H15N3O/c14-7-10-3-1-2-4-12(10)16-13-5-6-17-9-11(13)8-15-16/h1-4,8H,5-7,9,14H2. The summed E-state index contributed by atoms with van der Waals surface area (Å²) in [4.78, 5) is 0. The average molecular weight is 229 g/mol. The number of ether oxygens (including phenoxy) is 1. The number of aromatic nitrogens is 2. The number of benzene rings is 1. The molecule has 1 aliphatic heterocycles. The van der Waals surface area contributed by atoms with Crippen LogP contribution in [0.3, 0.4) is 0 Å². The molecule has 0 saturated heterocycles. The van der Waals surface area contributed by atoms with Crippen LogP contribution in [0.4, 0.5) is 0 Å². The Morgan fingerprint density at radius 1 is 1.35 bits per heavy atom. The second-order valence-electron chi connectivity index (χ2n) is 4.16. The van der Waals surface area contributed by atoms with Crippen molar-refractivity contribution in [2.75, 3.05) is 6.61 Å². The molecule has 1 aromatic heterocycles. The Balaban J connectivity index is 2.12. The Morgan fingerprint density at radius 3 is 3.12 bits per heavy atom. The molecule has 2 aromatic rings. The molecule has 0 unspecified atom stereocenters. The fourth-order valence-corrected chi connectivity index (χ4v) is 2.24. The van der Waals surface area contributed by atoms with Gasteiger partial charge >= 0.3 is 0 Å². The van der Waals surface area contributed by atoms with Crippen molar-refractivity contribution in [1.29, 1.82) is 0 Å². The number of hydrogen-bond acceptors (Lipinski definition) is 3. The molecule has 3 rings (SSSR count). The highest BCUT2D eigenvalue weighted by Crippen LogP contribution is 2.22. The molecular weight excluding hydrogens is 214 g/mol. The van der Waals surface area contributed by atoms with Crippen molar-refractivity contribution >= 4 is 0 Å². The van der Waals surface area contributed by atoms with Gasteiger partial charge in [0.05, 0.1) is 30.8 Å². The monoisotopic (exact) mass is 229 g/mol. The molecule has 0 amide bonds. The van der Waals surface area contributed by atoms with Gasteiger partial charge in [0.15, 0.2) is 0 Å². The first-order valence-corrected chi connectivity index (χ1v) is 5.82. The highest BCUT2D eigenvalue weighted by atomic mass is 16.5. The molecule has 0 radical (unpaired) electrons. The van der Waals surface area contributed by atoms with E-state index in [0.29, 0.717) is 13.2 Å². The zero-order valence-corrected chi connectivity index (χ0v) is 9.60. The molecule has 0 spiro atoms. The van der Waals surface area contributed by atoms with Crippen LogP contribution in [0.5, 0.6) is 0 Å². The summed E-state index contributed by atoms with van der Waals surface area (Å²) < 4.78 is 7.42. The van der Waals surface area contributed by atoms with Crippen LogP contribution in [-0.4, -0.2) is 16.4 Å². The van der Waals surface area contributed by atoms with E-state index in [0.717, 1.165) is 24.3 Å². The number of rotatable bonds is 2. The number of hydrogen-bond donors (Lipinski definition) is 1. The van der Waals surface area contributed by atoms with Crippen LogP contribution in [0.15, 0.2) is 30.5 Å². The Hall–Kier alpha value is -1.65. The maximum absolute atomic E-state index is 5.77. The lowest BCUT2D eigenvalue weighted by Gasteiger charge is -2.16. The second-order valence-corrected chi connectivity index (χ2v) is 4.16. The van der Waals surface area contributed by atoms with Crippen molar-refractivity contribution in [1.82, 2.24) is 9.78 Å². The lowest BCUT2D eigenvalue weighted by Crippen LogP contribution is -2.14. The van der Waals surface area contributed by atoms with Gasteiger partial charge in [-0.1, -0.05) is 18.2 Å². The molecule has 1 aromatic carbocycles. The van der Waals surface area contributed by atoms with Crippen LogP contribution in [0.1, 0.15) is 16.8 Å².